The first kappa shape index (κ1) is 20.8. The number of amides is 2. The summed E-state index contributed by atoms with van der Waals surface area (Å²) in [4.78, 5) is 29.0. The standard InChI is InChI=1S/C23H35N3O2/c1-18(2)20-8-10-21(11-9-20)24-22(27)17-25-12-14-26(15-13-25)23(28)16-19-6-4-3-5-7-19/h8-11,18-19H,3-7,12-17H2,1-2H3,(H,24,27). The number of rotatable bonds is 6. The maximum atomic E-state index is 12.5. The molecule has 0 aromatic heterocycles. The summed E-state index contributed by atoms with van der Waals surface area (Å²) in [6.45, 7) is 7.73. The number of hydrogen-bond acceptors (Lipinski definition) is 3. The molecule has 2 fully saturated rings. The fraction of sp³-hybridized carbons (Fsp3) is 0.652. The molecule has 154 valence electrons. The maximum Gasteiger partial charge on any atom is 0.238 e. The number of carbonyl (C=O) groups excluding carboxylic acids is 2. The Balaban J connectivity index is 1.38. The molecule has 2 amide bonds. The van der Waals surface area contributed by atoms with Gasteiger partial charge in [0.1, 0.15) is 0 Å². The first-order valence-corrected chi connectivity index (χ1v) is 10.9. The summed E-state index contributed by atoms with van der Waals surface area (Å²) < 4.78 is 0. The van der Waals surface area contributed by atoms with Gasteiger partial charge in [-0.1, -0.05) is 45.2 Å². The first-order chi connectivity index (χ1) is 13.5. The van der Waals surface area contributed by atoms with E-state index in [9.17, 15) is 9.59 Å². The zero-order valence-corrected chi connectivity index (χ0v) is 17.5. The Labute approximate surface area is 169 Å². The van der Waals surface area contributed by atoms with Crippen LogP contribution in [0.2, 0.25) is 0 Å². The Morgan fingerprint density at radius 1 is 1.00 bits per heavy atom. The third-order valence-electron chi connectivity index (χ3n) is 6.14. The second-order valence-electron chi connectivity index (χ2n) is 8.69. The number of nitrogens with one attached hydrogen (secondary N) is 1. The molecule has 2 aliphatic rings. The van der Waals surface area contributed by atoms with E-state index in [4.69, 9.17) is 0 Å². The van der Waals surface area contributed by atoms with Crippen LogP contribution in [-0.2, 0) is 9.59 Å². The van der Waals surface area contributed by atoms with Crippen LogP contribution in [-0.4, -0.2) is 54.3 Å². The van der Waals surface area contributed by atoms with Crippen molar-refractivity contribution < 1.29 is 9.59 Å². The van der Waals surface area contributed by atoms with Gasteiger partial charge < -0.3 is 10.2 Å². The summed E-state index contributed by atoms with van der Waals surface area (Å²) in [6.07, 6.45) is 7.02. The van der Waals surface area contributed by atoms with Gasteiger partial charge in [-0.2, -0.15) is 0 Å². The van der Waals surface area contributed by atoms with Crippen LogP contribution in [0, 0.1) is 5.92 Å². The Hall–Kier alpha value is -1.88. The van der Waals surface area contributed by atoms with Crippen LogP contribution in [0.1, 0.15) is 63.9 Å². The van der Waals surface area contributed by atoms with E-state index < -0.39 is 0 Å². The smallest absolute Gasteiger partial charge is 0.238 e. The monoisotopic (exact) mass is 385 g/mol. The van der Waals surface area contributed by atoms with Gasteiger partial charge in [-0.3, -0.25) is 14.5 Å². The van der Waals surface area contributed by atoms with Crippen LogP contribution in [0.25, 0.3) is 0 Å². The lowest BCUT2D eigenvalue weighted by molar-refractivity contribution is -0.134. The molecule has 0 spiro atoms. The molecule has 0 atom stereocenters. The van der Waals surface area contributed by atoms with Gasteiger partial charge in [0.25, 0.3) is 0 Å². The SMILES string of the molecule is CC(C)c1ccc(NC(=O)CN2CCN(C(=O)CC3CCCCC3)CC2)cc1. The second-order valence-corrected chi connectivity index (χ2v) is 8.69. The molecule has 1 aromatic carbocycles. The van der Waals surface area contributed by atoms with Crippen molar-refractivity contribution in [2.45, 2.75) is 58.3 Å². The molecule has 0 radical (unpaired) electrons. The van der Waals surface area contributed by atoms with Crippen LogP contribution >= 0.6 is 0 Å². The van der Waals surface area contributed by atoms with Crippen molar-refractivity contribution in [3.05, 3.63) is 29.8 Å². The topological polar surface area (TPSA) is 52.7 Å². The predicted octanol–water partition coefficient (Wildman–Crippen LogP) is 3.86. The van der Waals surface area contributed by atoms with Crippen molar-refractivity contribution in [3.8, 4) is 0 Å². The van der Waals surface area contributed by atoms with Gasteiger partial charge in [0, 0.05) is 38.3 Å². The van der Waals surface area contributed by atoms with Crippen LogP contribution < -0.4 is 5.32 Å². The Bertz CT molecular complexity index is 642. The van der Waals surface area contributed by atoms with Crippen molar-refractivity contribution in [3.63, 3.8) is 0 Å². The predicted molar refractivity (Wildman–Crippen MR) is 113 cm³/mol. The lowest BCUT2D eigenvalue weighted by Gasteiger charge is -2.35. The van der Waals surface area contributed by atoms with Gasteiger partial charge in [0.15, 0.2) is 0 Å². The molecule has 5 heteroatoms. The second kappa shape index (κ2) is 10.1. The van der Waals surface area contributed by atoms with Crippen LogP contribution in [0.5, 0.6) is 0 Å². The number of nitrogens with zero attached hydrogens (tertiary/aromatic N) is 2. The van der Waals surface area contributed by atoms with Crippen molar-refractivity contribution >= 4 is 17.5 Å². The molecule has 1 heterocycles. The summed E-state index contributed by atoms with van der Waals surface area (Å²) in [7, 11) is 0. The highest BCUT2D eigenvalue weighted by atomic mass is 16.2. The highest BCUT2D eigenvalue weighted by Crippen LogP contribution is 2.27. The van der Waals surface area contributed by atoms with Gasteiger partial charge in [-0.25, -0.2) is 0 Å². The summed E-state index contributed by atoms with van der Waals surface area (Å²) in [5.74, 6) is 1.40. The third kappa shape index (κ3) is 6.06. The molecule has 1 aliphatic carbocycles. The number of hydrogen-bond donors (Lipinski definition) is 1. The van der Waals surface area contributed by atoms with E-state index in [0.29, 0.717) is 30.7 Å². The normalized spacial score (nSPS) is 19.0. The van der Waals surface area contributed by atoms with Crippen LogP contribution in [0.15, 0.2) is 24.3 Å². The zero-order chi connectivity index (χ0) is 19.9. The van der Waals surface area contributed by atoms with E-state index in [1.807, 2.05) is 17.0 Å². The Morgan fingerprint density at radius 3 is 2.25 bits per heavy atom. The first-order valence-electron chi connectivity index (χ1n) is 10.9. The lowest BCUT2D eigenvalue weighted by atomic mass is 9.86. The lowest BCUT2D eigenvalue weighted by Crippen LogP contribution is -2.50. The average molecular weight is 386 g/mol. The third-order valence-corrected chi connectivity index (χ3v) is 6.14. The minimum Gasteiger partial charge on any atom is -0.340 e. The van der Waals surface area contributed by atoms with Gasteiger partial charge in [-0.05, 0) is 42.4 Å². The molecule has 1 aliphatic heterocycles. The number of benzene rings is 1. The highest BCUT2D eigenvalue weighted by molar-refractivity contribution is 5.92. The summed E-state index contributed by atoms with van der Waals surface area (Å²) in [6, 6.07) is 8.07. The van der Waals surface area contributed by atoms with Gasteiger partial charge >= 0.3 is 0 Å². The summed E-state index contributed by atoms with van der Waals surface area (Å²) in [5.41, 5.74) is 2.11. The zero-order valence-electron chi connectivity index (χ0n) is 17.5. The average Bonchev–Trinajstić information content (AvgIpc) is 2.69. The summed E-state index contributed by atoms with van der Waals surface area (Å²) in [5, 5.41) is 2.98. The van der Waals surface area contributed by atoms with Crippen molar-refractivity contribution in [2.75, 3.05) is 38.0 Å². The molecule has 1 saturated carbocycles. The minimum absolute atomic E-state index is 0.0132. The van der Waals surface area contributed by atoms with E-state index in [1.165, 1.54) is 37.7 Å². The molecule has 28 heavy (non-hydrogen) atoms. The van der Waals surface area contributed by atoms with Gasteiger partial charge in [0.05, 0.1) is 6.54 Å². The molecule has 0 unspecified atom stereocenters. The van der Waals surface area contributed by atoms with E-state index in [1.54, 1.807) is 0 Å². The van der Waals surface area contributed by atoms with E-state index in [0.717, 1.165) is 31.9 Å². The van der Waals surface area contributed by atoms with Crippen molar-refractivity contribution in [1.82, 2.24) is 9.80 Å². The Kier molecular flexibility index (Phi) is 7.49. The molecule has 1 N–H and O–H groups in total. The summed E-state index contributed by atoms with van der Waals surface area (Å²) >= 11 is 0. The quantitative estimate of drug-likeness (QED) is 0.809. The number of carbonyl (C=O) groups is 2. The highest BCUT2D eigenvalue weighted by Gasteiger charge is 2.25. The fourth-order valence-corrected chi connectivity index (χ4v) is 4.28. The molecular formula is C23H35N3O2. The maximum absolute atomic E-state index is 12.5. The molecule has 5 nitrogen and oxygen atoms in total. The minimum atomic E-state index is 0.0132. The number of anilines is 1. The van der Waals surface area contributed by atoms with Crippen LogP contribution in [0.3, 0.4) is 0 Å². The molecule has 0 bridgehead atoms. The van der Waals surface area contributed by atoms with E-state index in [2.05, 4.69) is 36.2 Å². The molecule has 1 saturated heterocycles. The molecule has 3 rings (SSSR count). The number of piperazine rings is 1. The van der Waals surface area contributed by atoms with Gasteiger partial charge in [-0.15, -0.1) is 0 Å². The van der Waals surface area contributed by atoms with Crippen molar-refractivity contribution in [2.24, 2.45) is 5.92 Å². The Morgan fingerprint density at radius 2 is 1.64 bits per heavy atom. The van der Waals surface area contributed by atoms with Gasteiger partial charge in [0.2, 0.25) is 11.8 Å². The van der Waals surface area contributed by atoms with E-state index in [-0.39, 0.29) is 5.91 Å². The fourth-order valence-electron chi connectivity index (χ4n) is 4.28. The molecule has 1 aromatic rings. The van der Waals surface area contributed by atoms with Crippen LogP contribution in [0.4, 0.5) is 5.69 Å². The van der Waals surface area contributed by atoms with Crippen molar-refractivity contribution in [1.29, 1.82) is 0 Å². The van der Waals surface area contributed by atoms with E-state index >= 15 is 0 Å². The molecular weight excluding hydrogens is 350 g/mol. The largest absolute Gasteiger partial charge is 0.340 e.